The van der Waals surface area contributed by atoms with E-state index in [4.69, 9.17) is 0 Å². The number of benzene rings is 1. The van der Waals surface area contributed by atoms with Crippen molar-refractivity contribution in [1.82, 2.24) is 30.3 Å². The molecule has 2 N–H and O–H groups in total. The van der Waals surface area contributed by atoms with E-state index in [1.165, 1.54) is 0 Å². The van der Waals surface area contributed by atoms with Crippen molar-refractivity contribution in [2.24, 2.45) is 0 Å². The van der Waals surface area contributed by atoms with Gasteiger partial charge in [0.2, 0.25) is 0 Å². The molecule has 1 aliphatic heterocycles. The second-order valence-corrected chi connectivity index (χ2v) is 8.26. The Balaban J connectivity index is 1.75. The highest BCUT2D eigenvalue weighted by Crippen LogP contribution is 2.44. The molecule has 1 atom stereocenters. The highest BCUT2D eigenvalue weighted by molar-refractivity contribution is 7.17. The van der Waals surface area contributed by atoms with Crippen LogP contribution in [0.3, 0.4) is 0 Å². The van der Waals surface area contributed by atoms with E-state index in [1.807, 2.05) is 18.3 Å². The maximum absolute atomic E-state index is 10.8. The number of phenolic OH excluding ortho intramolecular Hbond substituents is 1. The van der Waals surface area contributed by atoms with Gasteiger partial charge in [0, 0.05) is 31.4 Å². The van der Waals surface area contributed by atoms with Gasteiger partial charge < -0.3 is 14.9 Å². The molecule has 4 aromatic rings. The molecule has 5 rings (SSSR count). The molecule has 1 aliphatic rings. The number of nitrogens with zero attached hydrogens (tertiary/aromatic N) is 6. The summed E-state index contributed by atoms with van der Waals surface area (Å²) in [5.74, 6) is 0.167. The maximum atomic E-state index is 10.8. The molecule has 8 nitrogen and oxygen atoms in total. The summed E-state index contributed by atoms with van der Waals surface area (Å²) in [6.45, 7) is 2.04. The molecular formula is C20H21N7OS. The first-order valence-corrected chi connectivity index (χ1v) is 10.3. The average Bonchev–Trinajstić information content (AvgIpc) is 3.48. The van der Waals surface area contributed by atoms with Crippen molar-refractivity contribution in [3.63, 3.8) is 0 Å². The normalized spacial score (nSPS) is 17.2. The first-order valence-electron chi connectivity index (χ1n) is 9.46. The van der Waals surface area contributed by atoms with Gasteiger partial charge in [0.05, 0.1) is 23.0 Å². The third-order valence-electron chi connectivity index (χ3n) is 5.59. The minimum absolute atomic E-state index is 0.167. The summed E-state index contributed by atoms with van der Waals surface area (Å²) in [6.07, 6.45) is 4.63. The topological polar surface area (TPSA) is 94.1 Å². The van der Waals surface area contributed by atoms with Crippen molar-refractivity contribution < 1.29 is 5.11 Å². The van der Waals surface area contributed by atoms with E-state index in [2.05, 4.69) is 49.3 Å². The fraction of sp³-hybridized carbons (Fsp3) is 0.300. The third-order valence-corrected chi connectivity index (χ3v) is 6.41. The molecule has 0 aliphatic carbocycles. The Morgan fingerprint density at radius 2 is 2.21 bits per heavy atom. The molecule has 1 aromatic carbocycles. The molecule has 4 heterocycles. The number of likely N-dealkylation sites (tertiary alicyclic amines) is 1. The van der Waals surface area contributed by atoms with E-state index < -0.39 is 0 Å². The van der Waals surface area contributed by atoms with E-state index in [1.54, 1.807) is 29.1 Å². The fourth-order valence-corrected chi connectivity index (χ4v) is 4.87. The van der Waals surface area contributed by atoms with Gasteiger partial charge >= 0.3 is 0 Å². The van der Waals surface area contributed by atoms with Crippen LogP contribution in [0.15, 0.2) is 36.1 Å². The number of hydrogen-bond donors (Lipinski definition) is 2. The number of hydrogen-bond acceptors (Lipinski definition) is 8. The zero-order valence-corrected chi connectivity index (χ0v) is 17.0. The third kappa shape index (κ3) is 3.02. The predicted octanol–water partition coefficient (Wildman–Crippen LogP) is 2.99. The lowest BCUT2D eigenvalue weighted by molar-refractivity contribution is 0.409. The zero-order valence-electron chi connectivity index (χ0n) is 16.2. The lowest BCUT2D eigenvalue weighted by atomic mass is 9.97. The van der Waals surface area contributed by atoms with Crippen molar-refractivity contribution in [3.8, 4) is 28.1 Å². The lowest BCUT2D eigenvalue weighted by Crippen LogP contribution is -2.34. The number of anilines is 1. The van der Waals surface area contributed by atoms with Gasteiger partial charge in [0.1, 0.15) is 16.1 Å². The Morgan fingerprint density at radius 3 is 2.97 bits per heavy atom. The summed E-state index contributed by atoms with van der Waals surface area (Å²) in [7, 11) is 4.24. The molecule has 29 heavy (non-hydrogen) atoms. The van der Waals surface area contributed by atoms with Crippen LogP contribution in [-0.2, 0) is 0 Å². The average molecular weight is 408 g/mol. The van der Waals surface area contributed by atoms with Gasteiger partial charge in [0.25, 0.3) is 0 Å². The summed E-state index contributed by atoms with van der Waals surface area (Å²) in [4.78, 5) is 8.97. The van der Waals surface area contributed by atoms with Gasteiger partial charge in [-0.3, -0.25) is 5.10 Å². The Bertz CT molecular complexity index is 1160. The van der Waals surface area contributed by atoms with Crippen LogP contribution >= 0.6 is 11.3 Å². The van der Waals surface area contributed by atoms with Gasteiger partial charge in [-0.25, -0.2) is 4.98 Å². The number of aromatic hydroxyl groups is 1. The fourth-order valence-electron chi connectivity index (χ4n) is 4.06. The highest BCUT2D eigenvalue weighted by atomic mass is 32.1. The summed E-state index contributed by atoms with van der Waals surface area (Å²) < 4.78 is 0.980. The van der Waals surface area contributed by atoms with Crippen molar-refractivity contribution in [3.05, 3.63) is 36.1 Å². The van der Waals surface area contributed by atoms with Crippen molar-refractivity contribution >= 4 is 27.4 Å². The summed E-state index contributed by atoms with van der Waals surface area (Å²) in [5.41, 5.74) is 6.45. The zero-order chi connectivity index (χ0) is 20.0. The minimum atomic E-state index is 0.167. The molecule has 0 amide bonds. The van der Waals surface area contributed by atoms with Gasteiger partial charge in [0.15, 0.2) is 5.65 Å². The van der Waals surface area contributed by atoms with Crippen LogP contribution in [0, 0.1) is 0 Å². The van der Waals surface area contributed by atoms with Crippen LogP contribution in [0.2, 0.25) is 0 Å². The Labute approximate surface area is 171 Å². The van der Waals surface area contributed by atoms with E-state index in [9.17, 15) is 5.11 Å². The standard InChI is InChI=1S/C20H21N7OS/c1-26-7-6-13(10-26)27(2)18-17(24-25-20-19(18)29-11-21-20)16-14(4-3-5-15(16)28)12-8-22-23-9-12/h3-5,8-9,11,13,28H,6-7,10H2,1-2H3,(H,22,23). The van der Waals surface area contributed by atoms with Crippen LogP contribution in [0.1, 0.15) is 6.42 Å². The summed E-state index contributed by atoms with van der Waals surface area (Å²) >= 11 is 1.55. The monoisotopic (exact) mass is 407 g/mol. The number of aromatic amines is 1. The first kappa shape index (κ1) is 18.0. The lowest BCUT2D eigenvalue weighted by Gasteiger charge is -2.28. The quantitative estimate of drug-likeness (QED) is 0.537. The van der Waals surface area contributed by atoms with Crippen molar-refractivity contribution in [1.29, 1.82) is 0 Å². The number of likely N-dealkylation sites (N-methyl/N-ethyl adjacent to an activating group) is 2. The van der Waals surface area contributed by atoms with E-state index in [0.717, 1.165) is 41.0 Å². The Morgan fingerprint density at radius 1 is 1.31 bits per heavy atom. The van der Waals surface area contributed by atoms with Crippen molar-refractivity contribution in [2.45, 2.75) is 12.5 Å². The summed E-state index contributed by atoms with van der Waals surface area (Å²) in [6, 6.07) is 5.84. The number of rotatable bonds is 4. The molecule has 1 fully saturated rings. The molecule has 148 valence electrons. The molecular weight excluding hydrogens is 386 g/mol. The van der Waals surface area contributed by atoms with Gasteiger partial charge in [-0.2, -0.15) is 5.10 Å². The predicted molar refractivity (Wildman–Crippen MR) is 114 cm³/mol. The number of aromatic nitrogens is 5. The number of fused-ring (bicyclic) bond motifs is 1. The molecule has 1 unspecified atom stereocenters. The number of H-pyrrole nitrogens is 1. The van der Waals surface area contributed by atoms with Crippen LogP contribution in [0.5, 0.6) is 5.75 Å². The van der Waals surface area contributed by atoms with Gasteiger partial charge in [-0.05, 0) is 31.6 Å². The Hall–Kier alpha value is -3.04. The smallest absolute Gasteiger partial charge is 0.194 e. The second kappa shape index (κ2) is 7.09. The summed E-state index contributed by atoms with van der Waals surface area (Å²) in [5, 5.41) is 26.6. The molecule has 0 spiro atoms. The van der Waals surface area contributed by atoms with Crippen LogP contribution in [0.4, 0.5) is 5.69 Å². The second-order valence-electron chi connectivity index (χ2n) is 7.40. The maximum Gasteiger partial charge on any atom is 0.194 e. The van der Waals surface area contributed by atoms with Crippen LogP contribution < -0.4 is 4.90 Å². The number of thiazole rings is 1. The molecule has 0 bridgehead atoms. The van der Waals surface area contributed by atoms with Crippen LogP contribution in [-0.4, -0.2) is 68.6 Å². The van der Waals surface area contributed by atoms with E-state index in [-0.39, 0.29) is 5.75 Å². The number of phenols is 1. The molecule has 0 radical (unpaired) electrons. The van der Waals surface area contributed by atoms with E-state index in [0.29, 0.717) is 22.9 Å². The first-order chi connectivity index (χ1) is 14.1. The van der Waals surface area contributed by atoms with E-state index >= 15 is 0 Å². The molecule has 9 heteroatoms. The minimum Gasteiger partial charge on any atom is -0.507 e. The van der Waals surface area contributed by atoms with Gasteiger partial charge in [-0.1, -0.05) is 12.1 Å². The van der Waals surface area contributed by atoms with Crippen LogP contribution in [0.25, 0.3) is 32.7 Å². The molecule has 0 saturated carbocycles. The number of nitrogens with one attached hydrogen (secondary N) is 1. The van der Waals surface area contributed by atoms with Crippen molar-refractivity contribution in [2.75, 3.05) is 32.1 Å². The largest absolute Gasteiger partial charge is 0.507 e. The Kier molecular flexibility index (Phi) is 4.40. The SMILES string of the molecule is CN1CCC(N(C)c2c(-c3c(O)cccc3-c3cn[nH]c3)nnc3ncsc23)C1. The molecule has 1 saturated heterocycles. The highest BCUT2D eigenvalue weighted by Gasteiger charge is 2.29. The van der Waals surface area contributed by atoms with Gasteiger partial charge in [-0.15, -0.1) is 21.5 Å². The molecule has 3 aromatic heterocycles.